The van der Waals surface area contributed by atoms with Crippen LogP contribution in [0.4, 0.5) is 0 Å². The minimum atomic E-state index is 0.122. The summed E-state index contributed by atoms with van der Waals surface area (Å²) in [5, 5.41) is 0. The van der Waals surface area contributed by atoms with Crippen molar-refractivity contribution in [2.24, 2.45) is 0 Å². The van der Waals surface area contributed by atoms with E-state index in [1.165, 1.54) is 0 Å². The van der Waals surface area contributed by atoms with Crippen molar-refractivity contribution < 1.29 is 9.53 Å². The first kappa shape index (κ1) is 14.3. The van der Waals surface area contributed by atoms with Gasteiger partial charge in [0.1, 0.15) is 5.75 Å². The number of Topliss-reactive ketones (excluding diaryl/α,β-unsaturated/α-hetero) is 1. The Morgan fingerprint density at radius 3 is 2.84 bits per heavy atom. The highest BCUT2D eigenvalue weighted by Gasteiger charge is 2.09. The van der Waals surface area contributed by atoms with E-state index >= 15 is 0 Å². The van der Waals surface area contributed by atoms with Gasteiger partial charge in [-0.3, -0.25) is 4.79 Å². The highest BCUT2D eigenvalue weighted by molar-refractivity contribution is 9.11. The molecular weight excluding hydrogens is 324 g/mol. The maximum Gasteiger partial charge on any atom is 0.168 e. The number of benzene rings is 1. The van der Waals surface area contributed by atoms with Crippen molar-refractivity contribution in [3.05, 3.63) is 50.6 Å². The van der Waals surface area contributed by atoms with E-state index in [1.54, 1.807) is 11.3 Å². The number of ketones is 1. The van der Waals surface area contributed by atoms with Crippen LogP contribution in [0.3, 0.4) is 0 Å². The molecule has 0 N–H and O–H groups in total. The Labute approximate surface area is 125 Å². The third-order valence-electron chi connectivity index (χ3n) is 2.59. The zero-order chi connectivity index (χ0) is 13.7. The average Bonchev–Trinajstić information content (AvgIpc) is 2.82. The topological polar surface area (TPSA) is 26.3 Å². The van der Waals surface area contributed by atoms with Gasteiger partial charge < -0.3 is 4.74 Å². The SMILES string of the molecule is CCCOc1cccc(C(=O)Cc2ccc(Br)s2)c1. The summed E-state index contributed by atoms with van der Waals surface area (Å²) in [5.41, 5.74) is 0.707. The summed E-state index contributed by atoms with van der Waals surface area (Å²) in [4.78, 5) is 13.3. The Hall–Kier alpha value is -1.13. The average molecular weight is 339 g/mol. The molecule has 0 unspecified atom stereocenters. The van der Waals surface area contributed by atoms with Crippen molar-refractivity contribution in [1.29, 1.82) is 0 Å². The van der Waals surface area contributed by atoms with Gasteiger partial charge in [0.05, 0.1) is 10.4 Å². The van der Waals surface area contributed by atoms with Gasteiger partial charge in [-0.15, -0.1) is 11.3 Å². The molecule has 1 aromatic carbocycles. The van der Waals surface area contributed by atoms with Crippen molar-refractivity contribution in [2.45, 2.75) is 19.8 Å². The molecule has 0 fully saturated rings. The second-order valence-corrected chi connectivity index (χ2v) is 6.73. The monoisotopic (exact) mass is 338 g/mol. The van der Waals surface area contributed by atoms with Crippen LogP contribution >= 0.6 is 27.3 Å². The number of ether oxygens (including phenoxy) is 1. The Balaban J connectivity index is 2.06. The van der Waals surface area contributed by atoms with E-state index in [0.717, 1.165) is 20.8 Å². The molecule has 0 bridgehead atoms. The Morgan fingerprint density at radius 2 is 2.16 bits per heavy atom. The highest BCUT2D eigenvalue weighted by atomic mass is 79.9. The minimum absolute atomic E-state index is 0.122. The number of hydrogen-bond donors (Lipinski definition) is 0. The first-order valence-corrected chi connectivity index (χ1v) is 7.80. The summed E-state index contributed by atoms with van der Waals surface area (Å²) in [6.45, 7) is 2.74. The number of halogens is 1. The van der Waals surface area contributed by atoms with E-state index in [2.05, 4.69) is 22.9 Å². The molecule has 0 amide bonds. The predicted molar refractivity (Wildman–Crippen MR) is 82.3 cm³/mol. The molecule has 0 saturated heterocycles. The fraction of sp³-hybridized carbons (Fsp3) is 0.267. The number of thiophene rings is 1. The van der Waals surface area contributed by atoms with Crippen LogP contribution in [0.15, 0.2) is 40.2 Å². The number of rotatable bonds is 6. The van der Waals surface area contributed by atoms with Crippen molar-refractivity contribution in [3.63, 3.8) is 0 Å². The van der Waals surface area contributed by atoms with Crippen LogP contribution < -0.4 is 4.74 Å². The lowest BCUT2D eigenvalue weighted by Gasteiger charge is -2.06. The third-order valence-corrected chi connectivity index (χ3v) is 4.22. The van der Waals surface area contributed by atoms with Gasteiger partial charge in [-0.05, 0) is 46.6 Å². The van der Waals surface area contributed by atoms with E-state index in [1.807, 2.05) is 36.4 Å². The van der Waals surface area contributed by atoms with Crippen LogP contribution in [-0.4, -0.2) is 12.4 Å². The maximum atomic E-state index is 12.2. The summed E-state index contributed by atoms with van der Waals surface area (Å²) in [6, 6.07) is 11.3. The lowest BCUT2D eigenvalue weighted by atomic mass is 10.1. The second kappa shape index (κ2) is 6.87. The standard InChI is InChI=1S/C15H15BrO2S/c1-2-8-18-12-5-3-4-11(9-12)14(17)10-13-6-7-15(16)19-13/h3-7,9H,2,8,10H2,1H3. The summed E-state index contributed by atoms with van der Waals surface area (Å²) >= 11 is 5.00. The highest BCUT2D eigenvalue weighted by Crippen LogP contribution is 2.24. The van der Waals surface area contributed by atoms with Gasteiger partial charge in [-0.25, -0.2) is 0 Å². The first-order chi connectivity index (χ1) is 9.19. The molecular formula is C15H15BrO2S. The molecule has 1 heterocycles. The Morgan fingerprint density at radius 1 is 1.32 bits per heavy atom. The summed E-state index contributed by atoms with van der Waals surface area (Å²) < 4.78 is 6.59. The van der Waals surface area contributed by atoms with Crippen LogP contribution in [0, 0.1) is 0 Å². The molecule has 0 saturated carbocycles. The van der Waals surface area contributed by atoms with Gasteiger partial charge in [0.2, 0.25) is 0 Å². The lowest BCUT2D eigenvalue weighted by molar-refractivity contribution is 0.0993. The molecule has 19 heavy (non-hydrogen) atoms. The third kappa shape index (κ3) is 4.18. The molecule has 0 aliphatic rings. The summed E-state index contributed by atoms with van der Waals surface area (Å²) in [6.07, 6.45) is 1.40. The molecule has 2 rings (SSSR count). The minimum Gasteiger partial charge on any atom is -0.494 e. The smallest absolute Gasteiger partial charge is 0.168 e. The van der Waals surface area contributed by atoms with Gasteiger partial charge in [0.15, 0.2) is 5.78 Å². The van der Waals surface area contributed by atoms with E-state index in [0.29, 0.717) is 18.6 Å². The van der Waals surface area contributed by atoms with Crippen LogP contribution in [0.2, 0.25) is 0 Å². The molecule has 2 aromatic rings. The number of carbonyl (C=O) groups is 1. The Bertz CT molecular complexity index is 563. The molecule has 0 aliphatic carbocycles. The van der Waals surface area contributed by atoms with Crippen molar-refractivity contribution in [3.8, 4) is 5.75 Å². The van der Waals surface area contributed by atoms with Gasteiger partial charge in [0.25, 0.3) is 0 Å². The second-order valence-electron chi connectivity index (χ2n) is 4.18. The maximum absolute atomic E-state index is 12.2. The zero-order valence-corrected chi connectivity index (χ0v) is 13.1. The van der Waals surface area contributed by atoms with Crippen LogP contribution in [-0.2, 0) is 6.42 Å². The van der Waals surface area contributed by atoms with Crippen LogP contribution in [0.25, 0.3) is 0 Å². The predicted octanol–water partition coefficient (Wildman–Crippen LogP) is 4.72. The van der Waals surface area contributed by atoms with E-state index in [-0.39, 0.29) is 5.78 Å². The molecule has 2 nitrogen and oxygen atoms in total. The molecule has 4 heteroatoms. The quantitative estimate of drug-likeness (QED) is 0.712. The van der Waals surface area contributed by atoms with E-state index < -0.39 is 0 Å². The van der Waals surface area contributed by atoms with E-state index in [4.69, 9.17) is 4.74 Å². The largest absolute Gasteiger partial charge is 0.494 e. The van der Waals surface area contributed by atoms with Gasteiger partial charge in [-0.2, -0.15) is 0 Å². The van der Waals surface area contributed by atoms with Gasteiger partial charge >= 0.3 is 0 Å². The number of carbonyl (C=O) groups excluding carboxylic acids is 1. The van der Waals surface area contributed by atoms with E-state index in [9.17, 15) is 4.79 Å². The fourth-order valence-electron chi connectivity index (χ4n) is 1.69. The Kier molecular flexibility index (Phi) is 5.16. The molecule has 0 spiro atoms. The van der Waals surface area contributed by atoms with Crippen molar-refractivity contribution in [1.82, 2.24) is 0 Å². The normalized spacial score (nSPS) is 10.4. The molecule has 0 atom stereocenters. The van der Waals surface area contributed by atoms with Crippen LogP contribution in [0.1, 0.15) is 28.6 Å². The molecule has 0 radical (unpaired) electrons. The fourth-order valence-corrected chi connectivity index (χ4v) is 3.17. The molecule has 1 aromatic heterocycles. The van der Waals surface area contributed by atoms with Gasteiger partial charge in [0, 0.05) is 16.9 Å². The number of hydrogen-bond acceptors (Lipinski definition) is 3. The summed E-state index contributed by atoms with van der Waals surface area (Å²) in [5.74, 6) is 0.886. The van der Waals surface area contributed by atoms with Crippen molar-refractivity contribution >= 4 is 33.0 Å². The summed E-state index contributed by atoms with van der Waals surface area (Å²) in [7, 11) is 0. The molecule has 100 valence electrons. The molecule has 0 aliphatic heterocycles. The first-order valence-electron chi connectivity index (χ1n) is 6.19. The lowest BCUT2D eigenvalue weighted by Crippen LogP contribution is -2.03. The van der Waals surface area contributed by atoms with Crippen molar-refractivity contribution in [2.75, 3.05) is 6.61 Å². The zero-order valence-electron chi connectivity index (χ0n) is 10.7. The van der Waals surface area contributed by atoms with Gasteiger partial charge in [-0.1, -0.05) is 19.1 Å². The van der Waals surface area contributed by atoms with Crippen LogP contribution in [0.5, 0.6) is 5.75 Å².